The molecule has 0 amide bonds. The van der Waals surface area contributed by atoms with Crippen molar-refractivity contribution >= 4 is 39.9 Å². The van der Waals surface area contributed by atoms with Gasteiger partial charge in [0.2, 0.25) is 0 Å². The smallest absolute Gasteiger partial charge is 0.303 e. The van der Waals surface area contributed by atoms with Crippen LogP contribution in [-0.2, 0) is 4.79 Å². The van der Waals surface area contributed by atoms with E-state index < -0.39 is 10.9 Å². The third kappa shape index (κ3) is 4.47. The lowest BCUT2D eigenvalue weighted by Crippen LogP contribution is -2.15. The molecule has 1 rings (SSSR count). The zero-order chi connectivity index (χ0) is 13.7. The van der Waals surface area contributed by atoms with Gasteiger partial charge >= 0.3 is 5.97 Å². The molecule has 18 heavy (non-hydrogen) atoms. The van der Waals surface area contributed by atoms with Crippen LogP contribution in [0.5, 0.6) is 0 Å². The molecule has 0 bridgehead atoms. The topological polar surface area (TPSA) is 92.5 Å². The van der Waals surface area contributed by atoms with E-state index in [0.717, 1.165) is 3.57 Å². The fourth-order valence-electron chi connectivity index (χ4n) is 1.46. The number of carboxylic acid groups (broad SMARTS) is 1. The zero-order valence-corrected chi connectivity index (χ0v) is 11.9. The van der Waals surface area contributed by atoms with E-state index in [4.69, 9.17) is 5.11 Å². The lowest BCUT2D eigenvalue weighted by molar-refractivity contribution is -0.384. The van der Waals surface area contributed by atoms with Gasteiger partial charge < -0.3 is 10.4 Å². The van der Waals surface area contributed by atoms with Crippen LogP contribution in [0.4, 0.5) is 11.4 Å². The largest absolute Gasteiger partial charge is 0.481 e. The van der Waals surface area contributed by atoms with Gasteiger partial charge in [-0.1, -0.05) is 6.92 Å². The summed E-state index contributed by atoms with van der Waals surface area (Å²) in [6, 6.07) is 4.87. The Balaban J connectivity index is 2.72. The highest BCUT2D eigenvalue weighted by Gasteiger charge is 2.15. The fourth-order valence-corrected chi connectivity index (χ4v) is 1.93. The van der Waals surface area contributed by atoms with Gasteiger partial charge in [-0.2, -0.15) is 0 Å². The second-order valence-corrected chi connectivity index (χ2v) is 5.25. The fraction of sp³-hybridized carbons (Fsp3) is 0.364. The molecule has 98 valence electrons. The summed E-state index contributed by atoms with van der Waals surface area (Å²) in [7, 11) is 0. The van der Waals surface area contributed by atoms with Gasteiger partial charge in [0.1, 0.15) is 5.69 Å². The molecule has 0 heterocycles. The molecule has 0 aliphatic heterocycles. The Hall–Kier alpha value is -1.38. The Morgan fingerprint density at radius 1 is 1.61 bits per heavy atom. The van der Waals surface area contributed by atoms with E-state index >= 15 is 0 Å². The molecule has 6 nitrogen and oxygen atoms in total. The third-order valence-electron chi connectivity index (χ3n) is 2.32. The SMILES string of the molecule is CC(CNc1ccc(I)cc1[N+](=O)[O-])CC(=O)O. The van der Waals surface area contributed by atoms with E-state index in [1.807, 2.05) is 22.6 Å². The molecule has 2 N–H and O–H groups in total. The maximum atomic E-state index is 10.9. The highest BCUT2D eigenvalue weighted by atomic mass is 127. The Labute approximate surface area is 118 Å². The number of nitrogens with one attached hydrogen (secondary N) is 1. The maximum absolute atomic E-state index is 10.9. The molecular weight excluding hydrogens is 351 g/mol. The highest BCUT2D eigenvalue weighted by Crippen LogP contribution is 2.26. The molecule has 7 heteroatoms. The Morgan fingerprint density at radius 2 is 2.28 bits per heavy atom. The number of aliphatic carboxylic acids is 1. The predicted octanol–water partition coefficient (Wildman–Crippen LogP) is 2.72. The minimum atomic E-state index is -0.874. The molecule has 1 atom stereocenters. The molecule has 0 saturated carbocycles. The first kappa shape index (κ1) is 14.7. The second kappa shape index (κ2) is 6.53. The van der Waals surface area contributed by atoms with Crippen molar-refractivity contribution in [3.8, 4) is 0 Å². The number of carboxylic acids is 1. The van der Waals surface area contributed by atoms with E-state index in [0.29, 0.717) is 12.2 Å². The zero-order valence-electron chi connectivity index (χ0n) is 9.72. The van der Waals surface area contributed by atoms with Crippen LogP contribution < -0.4 is 5.32 Å². The first-order chi connectivity index (χ1) is 8.40. The van der Waals surface area contributed by atoms with Crippen molar-refractivity contribution < 1.29 is 14.8 Å². The van der Waals surface area contributed by atoms with Crippen molar-refractivity contribution in [2.45, 2.75) is 13.3 Å². The summed E-state index contributed by atoms with van der Waals surface area (Å²) >= 11 is 2.00. The van der Waals surface area contributed by atoms with Crippen molar-refractivity contribution in [2.24, 2.45) is 5.92 Å². The van der Waals surface area contributed by atoms with Gasteiger partial charge in [0.15, 0.2) is 0 Å². The van der Waals surface area contributed by atoms with E-state index in [1.165, 1.54) is 6.07 Å². The van der Waals surface area contributed by atoms with Gasteiger partial charge in [0, 0.05) is 22.6 Å². The quantitative estimate of drug-likeness (QED) is 0.460. The van der Waals surface area contributed by atoms with Crippen molar-refractivity contribution in [3.63, 3.8) is 0 Å². The van der Waals surface area contributed by atoms with Gasteiger partial charge in [0.05, 0.1) is 4.92 Å². The Kier molecular flexibility index (Phi) is 5.32. The lowest BCUT2D eigenvalue weighted by Gasteiger charge is -2.11. The predicted molar refractivity (Wildman–Crippen MR) is 75.7 cm³/mol. The maximum Gasteiger partial charge on any atom is 0.303 e. The van der Waals surface area contributed by atoms with E-state index in [1.54, 1.807) is 19.1 Å². The minimum Gasteiger partial charge on any atom is -0.481 e. The number of nitrogens with zero attached hydrogens (tertiary/aromatic N) is 1. The number of nitro benzene ring substituents is 1. The second-order valence-electron chi connectivity index (χ2n) is 4.00. The van der Waals surface area contributed by atoms with Gasteiger partial charge in [-0.3, -0.25) is 14.9 Å². The normalized spacial score (nSPS) is 11.9. The Morgan fingerprint density at radius 3 is 2.83 bits per heavy atom. The number of nitro groups is 1. The van der Waals surface area contributed by atoms with Crippen LogP contribution in [0.1, 0.15) is 13.3 Å². The molecule has 0 saturated heterocycles. The summed E-state index contributed by atoms with van der Waals surface area (Å²) in [6.45, 7) is 2.16. The molecular formula is C11H13IN2O4. The summed E-state index contributed by atoms with van der Waals surface area (Å²) in [5.74, 6) is -0.970. The first-order valence-electron chi connectivity index (χ1n) is 5.29. The first-order valence-corrected chi connectivity index (χ1v) is 6.37. The van der Waals surface area contributed by atoms with Gasteiger partial charge in [-0.05, 0) is 40.6 Å². The van der Waals surface area contributed by atoms with E-state index in [2.05, 4.69) is 5.32 Å². The summed E-state index contributed by atoms with van der Waals surface area (Å²) in [4.78, 5) is 20.9. The number of rotatable bonds is 6. The molecule has 0 aliphatic rings. The average molecular weight is 364 g/mol. The summed E-state index contributed by atoms with van der Waals surface area (Å²) in [6.07, 6.45) is 0.0329. The molecule has 0 aromatic heterocycles. The van der Waals surface area contributed by atoms with E-state index in [-0.39, 0.29) is 18.0 Å². The standard InChI is InChI=1S/C11H13IN2O4/c1-7(4-11(15)16)6-13-9-3-2-8(12)5-10(9)14(17)18/h2-3,5,7,13H,4,6H2,1H3,(H,15,16). The van der Waals surface area contributed by atoms with Crippen molar-refractivity contribution in [1.29, 1.82) is 0 Å². The van der Waals surface area contributed by atoms with Gasteiger partial charge in [-0.25, -0.2) is 0 Å². The van der Waals surface area contributed by atoms with Gasteiger partial charge in [-0.15, -0.1) is 0 Å². The molecule has 0 spiro atoms. The summed E-state index contributed by atoms with van der Waals surface area (Å²) in [5, 5.41) is 22.4. The molecule has 0 radical (unpaired) electrons. The van der Waals surface area contributed by atoms with Crippen LogP contribution in [0.2, 0.25) is 0 Å². The molecule has 0 fully saturated rings. The van der Waals surface area contributed by atoms with Gasteiger partial charge in [0.25, 0.3) is 5.69 Å². The number of hydrogen-bond donors (Lipinski definition) is 2. The molecule has 0 aliphatic carbocycles. The van der Waals surface area contributed by atoms with E-state index in [9.17, 15) is 14.9 Å². The summed E-state index contributed by atoms with van der Waals surface area (Å²) in [5.41, 5.74) is 0.419. The Bertz CT molecular complexity index is 464. The number of anilines is 1. The van der Waals surface area contributed by atoms with Crippen molar-refractivity contribution in [2.75, 3.05) is 11.9 Å². The third-order valence-corrected chi connectivity index (χ3v) is 2.99. The van der Waals surface area contributed by atoms with Crippen LogP contribution in [-0.4, -0.2) is 22.5 Å². The molecule has 1 aromatic carbocycles. The average Bonchev–Trinajstić information content (AvgIpc) is 2.26. The minimum absolute atomic E-state index is 0.00410. The molecule has 1 aromatic rings. The van der Waals surface area contributed by atoms with Crippen LogP contribution in [0.3, 0.4) is 0 Å². The number of carbonyl (C=O) groups is 1. The van der Waals surface area contributed by atoms with Crippen LogP contribution in [0, 0.1) is 19.6 Å². The van der Waals surface area contributed by atoms with Crippen LogP contribution >= 0.6 is 22.6 Å². The molecule has 1 unspecified atom stereocenters. The number of benzene rings is 1. The van der Waals surface area contributed by atoms with Crippen molar-refractivity contribution in [3.05, 3.63) is 31.9 Å². The van der Waals surface area contributed by atoms with Crippen molar-refractivity contribution in [1.82, 2.24) is 0 Å². The number of halogens is 1. The van der Waals surface area contributed by atoms with Crippen LogP contribution in [0.15, 0.2) is 18.2 Å². The van der Waals surface area contributed by atoms with Crippen LogP contribution in [0.25, 0.3) is 0 Å². The summed E-state index contributed by atoms with van der Waals surface area (Å²) < 4.78 is 0.781. The monoisotopic (exact) mass is 364 g/mol. The number of hydrogen-bond acceptors (Lipinski definition) is 4. The lowest BCUT2D eigenvalue weighted by atomic mass is 10.1. The highest BCUT2D eigenvalue weighted by molar-refractivity contribution is 14.1.